The monoisotopic (exact) mass is 501 g/mol. The van der Waals surface area contributed by atoms with Gasteiger partial charge in [-0.3, -0.25) is 23.8 Å². The van der Waals surface area contributed by atoms with Gasteiger partial charge in [-0.25, -0.2) is 15.0 Å². The first-order chi connectivity index (χ1) is 18.0. The molecule has 0 bridgehead atoms. The number of imidazole rings is 1. The Balaban J connectivity index is 1.51. The zero-order valence-corrected chi connectivity index (χ0v) is 21.5. The number of piperazine rings is 1. The molecule has 5 heterocycles. The summed E-state index contributed by atoms with van der Waals surface area (Å²) < 4.78 is 9.44. The van der Waals surface area contributed by atoms with E-state index in [0.717, 1.165) is 53.4 Å². The van der Waals surface area contributed by atoms with Gasteiger partial charge in [-0.2, -0.15) is 5.10 Å². The van der Waals surface area contributed by atoms with Crippen molar-refractivity contribution in [2.45, 2.75) is 13.5 Å². The molecule has 37 heavy (non-hydrogen) atoms. The average molecular weight is 502 g/mol. The SMILES string of the molecule is CCn1c(N2CCN(C)CC2=O)nc2c(N3CCOCC3)nc(-c3cccc(-c4ccn(C)n4)c3)nc21. The highest BCUT2D eigenvalue weighted by Crippen LogP contribution is 2.32. The summed E-state index contributed by atoms with van der Waals surface area (Å²) in [4.78, 5) is 34.0. The minimum Gasteiger partial charge on any atom is -0.378 e. The number of anilines is 2. The molecule has 0 N–H and O–H groups in total. The molecule has 0 unspecified atom stereocenters. The van der Waals surface area contributed by atoms with Gasteiger partial charge >= 0.3 is 0 Å². The molecule has 2 saturated heterocycles. The molecule has 2 aliphatic rings. The third-order valence-corrected chi connectivity index (χ3v) is 6.97. The van der Waals surface area contributed by atoms with Crippen LogP contribution in [0.4, 0.5) is 11.8 Å². The van der Waals surface area contributed by atoms with Crippen molar-refractivity contribution in [3.05, 3.63) is 36.5 Å². The second-order valence-electron chi connectivity index (χ2n) is 9.54. The predicted molar refractivity (Wildman–Crippen MR) is 142 cm³/mol. The first kappa shape index (κ1) is 23.6. The van der Waals surface area contributed by atoms with Gasteiger partial charge in [0.05, 0.1) is 25.5 Å². The van der Waals surface area contributed by atoms with E-state index >= 15 is 0 Å². The van der Waals surface area contributed by atoms with E-state index in [4.69, 9.17) is 19.7 Å². The first-order valence-corrected chi connectivity index (χ1v) is 12.7. The van der Waals surface area contributed by atoms with Crippen molar-refractivity contribution in [2.24, 2.45) is 7.05 Å². The lowest BCUT2D eigenvalue weighted by Gasteiger charge is -2.31. The summed E-state index contributed by atoms with van der Waals surface area (Å²) in [5, 5.41) is 4.55. The summed E-state index contributed by atoms with van der Waals surface area (Å²) in [5.41, 5.74) is 4.26. The minimum atomic E-state index is 0.0444. The highest BCUT2D eigenvalue weighted by molar-refractivity contribution is 5.97. The molecular formula is C26H31N9O2. The Bertz CT molecular complexity index is 1450. The van der Waals surface area contributed by atoms with Crippen LogP contribution in [0.5, 0.6) is 0 Å². The van der Waals surface area contributed by atoms with E-state index in [0.29, 0.717) is 44.6 Å². The van der Waals surface area contributed by atoms with Gasteiger partial charge in [0.15, 0.2) is 22.8 Å². The zero-order valence-electron chi connectivity index (χ0n) is 21.5. The fraction of sp³-hybridized carbons (Fsp3) is 0.423. The van der Waals surface area contributed by atoms with Crippen molar-refractivity contribution in [3.8, 4) is 22.6 Å². The van der Waals surface area contributed by atoms with E-state index in [1.165, 1.54) is 0 Å². The van der Waals surface area contributed by atoms with Gasteiger partial charge in [-0.05, 0) is 26.1 Å². The number of benzene rings is 1. The standard InChI is InChI=1S/C26H31N9O2/c1-4-34-25-22(27-26(34)35-11-10-31(2)17-21(35)36)24(33-12-14-37-15-13-33)28-23(29-25)19-7-5-6-18(16-19)20-8-9-32(3)30-20/h5-9,16H,4,10-15,17H2,1-3H3. The fourth-order valence-corrected chi connectivity index (χ4v) is 4.99. The van der Waals surface area contributed by atoms with E-state index in [2.05, 4.69) is 23.0 Å². The van der Waals surface area contributed by atoms with Crippen LogP contribution in [-0.4, -0.2) is 93.1 Å². The molecule has 3 aromatic heterocycles. The number of aryl methyl sites for hydroxylation is 2. The van der Waals surface area contributed by atoms with Crippen LogP contribution in [0.15, 0.2) is 36.5 Å². The molecule has 11 nitrogen and oxygen atoms in total. The molecule has 1 aromatic carbocycles. The number of nitrogens with zero attached hydrogens (tertiary/aromatic N) is 9. The molecule has 0 atom stereocenters. The lowest BCUT2D eigenvalue weighted by Crippen LogP contribution is -2.49. The molecule has 0 aliphatic carbocycles. The van der Waals surface area contributed by atoms with Crippen molar-refractivity contribution < 1.29 is 9.53 Å². The van der Waals surface area contributed by atoms with Crippen molar-refractivity contribution in [3.63, 3.8) is 0 Å². The predicted octanol–water partition coefficient (Wildman–Crippen LogP) is 2.03. The number of amides is 1. The second kappa shape index (κ2) is 9.56. The second-order valence-corrected chi connectivity index (χ2v) is 9.54. The van der Waals surface area contributed by atoms with E-state index in [1.807, 2.05) is 54.0 Å². The highest BCUT2D eigenvalue weighted by atomic mass is 16.5. The van der Waals surface area contributed by atoms with Crippen LogP contribution in [0.2, 0.25) is 0 Å². The summed E-state index contributed by atoms with van der Waals surface area (Å²) in [6.07, 6.45) is 1.93. The normalized spacial score (nSPS) is 17.2. The molecular weight excluding hydrogens is 470 g/mol. The number of aromatic nitrogens is 6. The van der Waals surface area contributed by atoms with E-state index in [9.17, 15) is 4.79 Å². The lowest BCUT2D eigenvalue weighted by atomic mass is 10.1. The quantitative estimate of drug-likeness (QED) is 0.410. The summed E-state index contributed by atoms with van der Waals surface area (Å²) in [5.74, 6) is 2.08. The smallest absolute Gasteiger partial charge is 0.243 e. The van der Waals surface area contributed by atoms with Crippen molar-refractivity contribution in [2.75, 3.05) is 62.8 Å². The third kappa shape index (κ3) is 4.34. The van der Waals surface area contributed by atoms with Gasteiger partial charge in [0.1, 0.15) is 0 Å². The Labute approximate surface area is 215 Å². The van der Waals surface area contributed by atoms with Crippen LogP contribution >= 0.6 is 0 Å². The Morgan fingerprint density at radius 2 is 1.78 bits per heavy atom. The molecule has 0 saturated carbocycles. The van der Waals surface area contributed by atoms with Crippen LogP contribution in [0.25, 0.3) is 33.8 Å². The van der Waals surface area contributed by atoms with Crippen molar-refractivity contribution >= 4 is 28.8 Å². The number of carbonyl (C=O) groups excluding carboxylic acids is 1. The van der Waals surface area contributed by atoms with E-state index in [1.54, 1.807) is 9.58 Å². The van der Waals surface area contributed by atoms with Crippen molar-refractivity contribution in [1.29, 1.82) is 0 Å². The number of fused-ring (bicyclic) bond motifs is 1. The van der Waals surface area contributed by atoms with Gasteiger partial charge in [-0.15, -0.1) is 0 Å². The minimum absolute atomic E-state index is 0.0444. The van der Waals surface area contributed by atoms with Gasteiger partial charge in [0.2, 0.25) is 11.9 Å². The zero-order chi connectivity index (χ0) is 25.5. The number of hydrogen-bond acceptors (Lipinski definition) is 8. The average Bonchev–Trinajstić information content (AvgIpc) is 3.52. The van der Waals surface area contributed by atoms with E-state index in [-0.39, 0.29) is 5.91 Å². The number of likely N-dealkylation sites (N-methyl/N-ethyl adjacent to an activating group) is 1. The Morgan fingerprint density at radius 3 is 2.51 bits per heavy atom. The maximum Gasteiger partial charge on any atom is 0.243 e. The summed E-state index contributed by atoms with van der Waals surface area (Å²) in [6, 6.07) is 10.1. The molecule has 1 amide bonds. The number of rotatable bonds is 5. The molecule has 11 heteroatoms. The number of hydrogen-bond donors (Lipinski definition) is 0. The summed E-state index contributed by atoms with van der Waals surface area (Å²) in [7, 11) is 3.87. The van der Waals surface area contributed by atoms with E-state index < -0.39 is 0 Å². The van der Waals surface area contributed by atoms with Gasteiger partial charge < -0.3 is 9.64 Å². The van der Waals surface area contributed by atoms with Gasteiger partial charge in [0, 0.05) is 57.1 Å². The maximum atomic E-state index is 13.0. The molecule has 6 rings (SSSR count). The van der Waals surface area contributed by atoms with Crippen molar-refractivity contribution in [1.82, 2.24) is 34.2 Å². The molecule has 192 valence electrons. The van der Waals surface area contributed by atoms with Crippen LogP contribution < -0.4 is 9.80 Å². The molecule has 2 fully saturated rings. The molecule has 4 aromatic rings. The van der Waals surface area contributed by atoms with Crippen LogP contribution in [0, 0.1) is 0 Å². The van der Waals surface area contributed by atoms with Crippen LogP contribution in [0.3, 0.4) is 0 Å². The van der Waals surface area contributed by atoms with Crippen LogP contribution in [0.1, 0.15) is 6.92 Å². The molecule has 2 aliphatic heterocycles. The number of morpholine rings is 1. The fourth-order valence-electron chi connectivity index (χ4n) is 4.99. The largest absolute Gasteiger partial charge is 0.378 e. The Hall–Kier alpha value is -3.83. The topological polar surface area (TPSA) is 97.4 Å². The van der Waals surface area contributed by atoms with Gasteiger partial charge in [-0.1, -0.05) is 18.2 Å². The first-order valence-electron chi connectivity index (χ1n) is 12.7. The number of carbonyl (C=O) groups is 1. The number of ether oxygens (including phenoxy) is 1. The van der Waals surface area contributed by atoms with Crippen LogP contribution in [-0.2, 0) is 23.1 Å². The summed E-state index contributed by atoms with van der Waals surface area (Å²) in [6.45, 7) is 7.18. The Kier molecular flexibility index (Phi) is 6.09. The summed E-state index contributed by atoms with van der Waals surface area (Å²) >= 11 is 0. The third-order valence-electron chi connectivity index (χ3n) is 6.97. The highest BCUT2D eigenvalue weighted by Gasteiger charge is 2.30. The molecule has 0 radical (unpaired) electrons. The van der Waals surface area contributed by atoms with Gasteiger partial charge in [0.25, 0.3) is 0 Å². The Morgan fingerprint density at radius 1 is 0.973 bits per heavy atom. The molecule has 0 spiro atoms. The lowest BCUT2D eigenvalue weighted by molar-refractivity contribution is -0.120. The maximum absolute atomic E-state index is 13.0.